The van der Waals surface area contributed by atoms with Crippen LogP contribution in [0.25, 0.3) is 0 Å². The van der Waals surface area contributed by atoms with E-state index < -0.39 is 0 Å². The van der Waals surface area contributed by atoms with Gasteiger partial charge in [0.15, 0.2) is 5.96 Å². The number of guanidine groups is 1. The predicted octanol–water partition coefficient (Wildman–Crippen LogP) is 2.38. The van der Waals surface area contributed by atoms with E-state index in [-0.39, 0.29) is 24.0 Å². The Morgan fingerprint density at radius 3 is 2.63 bits per heavy atom. The summed E-state index contributed by atoms with van der Waals surface area (Å²) in [4.78, 5) is 4.41. The number of rotatable bonds is 3. The lowest BCUT2D eigenvalue weighted by molar-refractivity contribution is 0.412. The number of hydrogen-bond acceptors (Lipinski definition) is 2. The minimum atomic E-state index is 0. The highest BCUT2D eigenvalue weighted by molar-refractivity contribution is 14.0. The third-order valence-electron chi connectivity index (χ3n) is 3.65. The molecule has 1 fully saturated rings. The predicted molar refractivity (Wildman–Crippen MR) is 88.8 cm³/mol. The zero-order chi connectivity index (χ0) is 13.0. The first kappa shape index (κ1) is 16.3. The van der Waals surface area contributed by atoms with Gasteiger partial charge >= 0.3 is 0 Å². The Hall–Kier alpha value is -0.790. The molecule has 6 heteroatoms. The van der Waals surface area contributed by atoms with E-state index in [4.69, 9.17) is 5.73 Å². The number of hydrogen-bond donors (Lipinski definition) is 3. The zero-order valence-corrected chi connectivity index (χ0v) is 14.0. The molecule has 4 N–H and O–H groups in total. The average molecular weight is 377 g/mol. The van der Waals surface area contributed by atoms with Crippen LogP contribution in [0.3, 0.4) is 0 Å². The Morgan fingerprint density at radius 2 is 2.05 bits per heavy atom. The van der Waals surface area contributed by atoms with Crippen LogP contribution in [-0.2, 0) is 6.54 Å². The highest BCUT2D eigenvalue weighted by Gasteiger charge is 2.13. The summed E-state index contributed by atoms with van der Waals surface area (Å²) >= 11 is 0. The number of halogens is 1. The molecule has 0 radical (unpaired) electrons. The molecule has 19 heavy (non-hydrogen) atoms. The van der Waals surface area contributed by atoms with E-state index in [0.717, 1.165) is 17.0 Å². The Labute approximate surface area is 131 Å². The van der Waals surface area contributed by atoms with E-state index in [1.165, 1.54) is 32.1 Å². The molecule has 0 aliphatic heterocycles. The van der Waals surface area contributed by atoms with E-state index in [1.54, 1.807) is 0 Å². The first-order chi connectivity index (χ1) is 8.66. The second-order valence-corrected chi connectivity index (χ2v) is 5.09. The maximum absolute atomic E-state index is 5.93. The largest absolute Gasteiger partial charge is 0.370 e. The summed E-state index contributed by atoms with van der Waals surface area (Å²) in [5, 5.41) is 10.4. The fourth-order valence-electron chi connectivity index (χ4n) is 2.47. The van der Waals surface area contributed by atoms with Gasteiger partial charge in [0, 0.05) is 17.3 Å². The average Bonchev–Trinajstić information content (AvgIpc) is 2.68. The van der Waals surface area contributed by atoms with Crippen LogP contribution in [0, 0.1) is 13.8 Å². The van der Waals surface area contributed by atoms with Gasteiger partial charge in [0.25, 0.3) is 0 Å². The van der Waals surface area contributed by atoms with Crippen molar-refractivity contribution in [2.45, 2.75) is 58.5 Å². The number of aromatic nitrogens is 2. The Bertz CT molecular complexity index is 401. The molecule has 0 atom stereocenters. The van der Waals surface area contributed by atoms with E-state index >= 15 is 0 Å². The van der Waals surface area contributed by atoms with Crippen molar-refractivity contribution >= 4 is 29.9 Å². The Kier molecular flexibility index (Phi) is 6.60. The number of nitrogens with one attached hydrogen (secondary N) is 2. The lowest BCUT2D eigenvalue weighted by Gasteiger charge is -2.23. The molecular formula is C13H24IN5. The number of aliphatic imine (C=N–C) groups is 1. The van der Waals surface area contributed by atoms with Gasteiger partial charge in [0.2, 0.25) is 0 Å². The van der Waals surface area contributed by atoms with Crippen LogP contribution in [0.4, 0.5) is 0 Å². The topological polar surface area (TPSA) is 79.1 Å². The van der Waals surface area contributed by atoms with Gasteiger partial charge in [-0.25, -0.2) is 4.99 Å². The van der Waals surface area contributed by atoms with Gasteiger partial charge in [-0.1, -0.05) is 19.3 Å². The van der Waals surface area contributed by atoms with E-state index in [2.05, 4.69) is 20.5 Å². The van der Waals surface area contributed by atoms with E-state index in [9.17, 15) is 0 Å². The van der Waals surface area contributed by atoms with Gasteiger partial charge in [0.05, 0.1) is 12.2 Å². The molecule has 0 aromatic carbocycles. The highest BCUT2D eigenvalue weighted by atomic mass is 127. The van der Waals surface area contributed by atoms with Gasteiger partial charge in [-0.15, -0.1) is 24.0 Å². The van der Waals surface area contributed by atoms with Gasteiger partial charge in [-0.3, -0.25) is 5.10 Å². The van der Waals surface area contributed by atoms with Crippen molar-refractivity contribution < 1.29 is 0 Å². The molecule has 1 heterocycles. The van der Waals surface area contributed by atoms with Crippen LogP contribution < -0.4 is 11.1 Å². The first-order valence-electron chi connectivity index (χ1n) is 6.73. The highest BCUT2D eigenvalue weighted by Crippen LogP contribution is 2.17. The maximum Gasteiger partial charge on any atom is 0.189 e. The number of aryl methyl sites for hydroxylation is 2. The van der Waals surface area contributed by atoms with Crippen molar-refractivity contribution in [1.29, 1.82) is 0 Å². The summed E-state index contributed by atoms with van der Waals surface area (Å²) in [7, 11) is 0. The molecule has 1 aliphatic rings. The summed E-state index contributed by atoms with van der Waals surface area (Å²) in [5.41, 5.74) is 9.14. The van der Waals surface area contributed by atoms with Crippen molar-refractivity contribution in [3.8, 4) is 0 Å². The standard InChI is InChI=1S/C13H23N5.HI/c1-9-12(10(2)18-17-9)8-15-13(14)16-11-6-4-3-5-7-11;/h11H,3-8H2,1-2H3,(H,17,18)(H3,14,15,16);1H. The van der Waals surface area contributed by atoms with Crippen LogP contribution in [0.1, 0.15) is 49.1 Å². The number of aromatic amines is 1. The molecule has 5 nitrogen and oxygen atoms in total. The molecule has 1 aromatic heterocycles. The molecule has 0 spiro atoms. The summed E-state index contributed by atoms with van der Waals surface area (Å²) in [6.07, 6.45) is 6.36. The third kappa shape index (κ3) is 4.67. The van der Waals surface area contributed by atoms with Crippen LogP contribution >= 0.6 is 24.0 Å². The molecule has 1 aromatic rings. The summed E-state index contributed by atoms with van der Waals surface area (Å²) in [6.45, 7) is 4.59. The van der Waals surface area contributed by atoms with E-state index in [0.29, 0.717) is 18.5 Å². The van der Waals surface area contributed by atoms with Crippen LogP contribution in [0.2, 0.25) is 0 Å². The van der Waals surface area contributed by atoms with Crippen LogP contribution in [-0.4, -0.2) is 22.2 Å². The third-order valence-corrected chi connectivity index (χ3v) is 3.65. The molecule has 0 saturated heterocycles. The minimum Gasteiger partial charge on any atom is -0.370 e. The number of H-pyrrole nitrogens is 1. The van der Waals surface area contributed by atoms with Crippen LogP contribution in [0.5, 0.6) is 0 Å². The smallest absolute Gasteiger partial charge is 0.189 e. The lowest BCUT2D eigenvalue weighted by Crippen LogP contribution is -2.41. The zero-order valence-electron chi connectivity index (χ0n) is 11.7. The van der Waals surface area contributed by atoms with Crippen molar-refractivity contribution in [3.05, 3.63) is 17.0 Å². The van der Waals surface area contributed by atoms with Gasteiger partial charge in [0.1, 0.15) is 0 Å². The second kappa shape index (κ2) is 7.72. The number of nitrogens with zero attached hydrogens (tertiary/aromatic N) is 2. The fraction of sp³-hybridized carbons (Fsp3) is 0.692. The molecule has 1 saturated carbocycles. The Morgan fingerprint density at radius 1 is 1.37 bits per heavy atom. The molecule has 0 unspecified atom stereocenters. The Balaban J connectivity index is 0.00000180. The molecular weight excluding hydrogens is 353 g/mol. The van der Waals surface area contributed by atoms with Crippen LogP contribution in [0.15, 0.2) is 4.99 Å². The summed E-state index contributed by atoms with van der Waals surface area (Å²) in [6, 6.07) is 0.508. The lowest BCUT2D eigenvalue weighted by atomic mass is 9.96. The summed E-state index contributed by atoms with van der Waals surface area (Å²) in [5.74, 6) is 0.557. The van der Waals surface area contributed by atoms with Gasteiger partial charge in [-0.2, -0.15) is 5.10 Å². The number of nitrogens with two attached hydrogens (primary N) is 1. The van der Waals surface area contributed by atoms with E-state index in [1.807, 2.05) is 13.8 Å². The van der Waals surface area contributed by atoms with Crippen molar-refractivity contribution in [2.75, 3.05) is 0 Å². The van der Waals surface area contributed by atoms with Crippen molar-refractivity contribution in [3.63, 3.8) is 0 Å². The van der Waals surface area contributed by atoms with Gasteiger partial charge in [-0.05, 0) is 26.7 Å². The summed E-state index contributed by atoms with van der Waals surface area (Å²) < 4.78 is 0. The molecule has 2 rings (SSSR count). The van der Waals surface area contributed by atoms with Gasteiger partial charge < -0.3 is 11.1 Å². The monoisotopic (exact) mass is 377 g/mol. The van der Waals surface area contributed by atoms with Crippen molar-refractivity contribution in [2.24, 2.45) is 10.7 Å². The maximum atomic E-state index is 5.93. The van der Waals surface area contributed by atoms with Crippen molar-refractivity contribution in [1.82, 2.24) is 15.5 Å². The molecule has 0 bridgehead atoms. The SMILES string of the molecule is Cc1n[nH]c(C)c1CN=C(N)NC1CCCCC1.I. The molecule has 0 amide bonds. The normalized spacial score (nSPS) is 17.1. The quantitative estimate of drug-likeness (QED) is 0.430. The first-order valence-corrected chi connectivity index (χ1v) is 6.73. The minimum absolute atomic E-state index is 0. The fourth-order valence-corrected chi connectivity index (χ4v) is 2.47. The molecule has 108 valence electrons. The second-order valence-electron chi connectivity index (χ2n) is 5.09. The molecule has 1 aliphatic carbocycles.